The highest BCUT2D eigenvalue weighted by atomic mass is 79.9. The largest absolute Gasteiger partial charge is 0.444 e. The number of pyridine rings is 1. The van der Waals surface area contributed by atoms with Crippen molar-refractivity contribution in [3.63, 3.8) is 0 Å². The summed E-state index contributed by atoms with van der Waals surface area (Å²) in [6.07, 6.45) is 3.17. The van der Waals surface area contributed by atoms with Crippen LogP contribution in [0.1, 0.15) is 40.5 Å². The Labute approximate surface area is 225 Å². The molecule has 0 N–H and O–H groups in total. The van der Waals surface area contributed by atoms with Gasteiger partial charge in [-0.2, -0.15) is 0 Å². The fraction of sp³-hybridized carbons (Fsp3) is 0.462. The fourth-order valence-corrected chi connectivity index (χ4v) is 4.88. The maximum atomic E-state index is 12.5. The van der Waals surface area contributed by atoms with E-state index in [0.29, 0.717) is 23.5 Å². The van der Waals surface area contributed by atoms with E-state index < -0.39 is 5.60 Å². The molecule has 0 unspecified atom stereocenters. The van der Waals surface area contributed by atoms with Gasteiger partial charge in [-0.05, 0) is 69.4 Å². The molecule has 4 rings (SSSR count). The Kier molecular flexibility index (Phi) is 7.61. The van der Waals surface area contributed by atoms with Crippen LogP contribution in [0.4, 0.5) is 10.5 Å². The molecule has 192 valence electrons. The topological polar surface area (TPSA) is 84.6 Å². The lowest BCUT2D eigenvalue weighted by atomic mass is 9.79. The highest BCUT2D eigenvalue weighted by Gasteiger charge is 2.34. The molecule has 1 aliphatic rings. The van der Waals surface area contributed by atoms with Crippen molar-refractivity contribution < 1.29 is 13.9 Å². The van der Waals surface area contributed by atoms with Crippen LogP contribution in [0.2, 0.25) is 5.15 Å². The average molecular weight is 577 g/mol. The zero-order valence-electron chi connectivity index (χ0n) is 21.2. The molecular weight excluding hydrogens is 546 g/mol. The van der Waals surface area contributed by atoms with Gasteiger partial charge in [0, 0.05) is 42.9 Å². The molecule has 0 radical (unpaired) electrons. The van der Waals surface area contributed by atoms with E-state index in [1.807, 2.05) is 32.9 Å². The molecule has 1 saturated heterocycles. The molecule has 36 heavy (non-hydrogen) atoms. The van der Waals surface area contributed by atoms with Crippen LogP contribution in [-0.2, 0) is 4.74 Å². The second kappa shape index (κ2) is 10.4. The first-order valence-corrected chi connectivity index (χ1v) is 13.0. The second-order valence-corrected chi connectivity index (χ2v) is 11.9. The highest BCUT2D eigenvalue weighted by Crippen LogP contribution is 2.39. The predicted octanol–water partition coefficient (Wildman–Crippen LogP) is 6.69. The third kappa shape index (κ3) is 6.37. The number of amides is 1. The van der Waals surface area contributed by atoms with Crippen LogP contribution in [0.5, 0.6) is 0 Å². The smallest absolute Gasteiger partial charge is 0.410 e. The first-order valence-electron chi connectivity index (χ1n) is 11.9. The van der Waals surface area contributed by atoms with Crippen molar-refractivity contribution >= 4 is 39.3 Å². The Balaban J connectivity index is 1.49. The summed E-state index contributed by atoms with van der Waals surface area (Å²) in [5, 5.41) is 8.91. The number of hydrogen-bond donors (Lipinski definition) is 0. The summed E-state index contributed by atoms with van der Waals surface area (Å²) < 4.78 is 12.5. The van der Waals surface area contributed by atoms with Crippen molar-refractivity contribution in [1.82, 2.24) is 20.1 Å². The molecule has 8 nitrogen and oxygen atoms in total. The Bertz CT molecular complexity index is 1230. The van der Waals surface area contributed by atoms with Gasteiger partial charge >= 0.3 is 6.09 Å². The number of carbonyl (C=O) groups excluding carboxylic acids is 1. The quantitative estimate of drug-likeness (QED) is 0.313. The molecule has 1 fully saturated rings. The molecule has 2 aromatic heterocycles. The van der Waals surface area contributed by atoms with Crippen molar-refractivity contribution in [2.45, 2.75) is 46.1 Å². The van der Waals surface area contributed by atoms with Crippen LogP contribution in [0, 0.1) is 5.41 Å². The number of piperidine rings is 1. The van der Waals surface area contributed by atoms with E-state index in [2.05, 4.69) is 49.0 Å². The summed E-state index contributed by atoms with van der Waals surface area (Å²) in [6, 6.07) is 9.51. The lowest BCUT2D eigenvalue weighted by molar-refractivity contribution is 0.0207. The Morgan fingerprint density at radius 2 is 1.89 bits per heavy atom. The maximum Gasteiger partial charge on any atom is 0.410 e. The maximum absolute atomic E-state index is 12.5. The summed E-state index contributed by atoms with van der Waals surface area (Å²) in [5.74, 6) is 0.831. The summed E-state index contributed by atoms with van der Waals surface area (Å²) in [5.41, 5.74) is 2.09. The molecule has 0 spiro atoms. The monoisotopic (exact) mass is 575 g/mol. The minimum Gasteiger partial charge on any atom is -0.444 e. The van der Waals surface area contributed by atoms with Crippen LogP contribution >= 0.6 is 27.5 Å². The molecule has 3 aromatic rings. The summed E-state index contributed by atoms with van der Waals surface area (Å²) in [7, 11) is 1.81. The first-order chi connectivity index (χ1) is 16.9. The summed E-state index contributed by atoms with van der Waals surface area (Å²) in [6.45, 7) is 10.2. The second-order valence-electron chi connectivity index (χ2n) is 10.6. The molecule has 1 aromatic carbocycles. The number of nitrogens with zero attached hydrogens (tertiary/aromatic N) is 5. The number of anilines is 1. The third-order valence-corrected chi connectivity index (χ3v) is 6.92. The van der Waals surface area contributed by atoms with Crippen molar-refractivity contribution in [1.29, 1.82) is 0 Å². The number of carbonyl (C=O) groups is 1. The molecule has 0 bridgehead atoms. The van der Waals surface area contributed by atoms with E-state index in [9.17, 15) is 4.79 Å². The SMILES string of the molecule is CN(CC1(C)CCN(c2cc(Br)ccc2-c2nnc(-c3ccnc(Cl)c3)o2)CC1)C(=O)OC(C)(C)C. The van der Waals surface area contributed by atoms with Crippen molar-refractivity contribution in [2.24, 2.45) is 5.41 Å². The van der Waals surface area contributed by atoms with E-state index in [-0.39, 0.29) is 11.5 Å². The van der Waals surface area contributed by atoms with E-state index in [1.54, 1.807) is 30.3 Å². The van der Waals surface area contributed by atoms with Gasteiger partial charge in [-0.25, -0.2) is 9.78 Å². The Hall–Kier alpha value is -2.65. The number of rotatable bonds is 5. The van der Waals surface area contributed by atoms with Crippen LogP contribution < -0.4 is 4.90 Å². The van der Waals surface area contributed by atoms with Gasteiger partial charge < -0.3 is 19.0 Å². The van der Waals surface area contributed by atoms with Crippen LogP contribution in [0.25, 0.3) is 22.9 Å². The summed E-state index contributed by atoms with van der Waals surface area (Å²) in [4.78, 5) is 20.5. The zero-order chi connectivity index (χ0) is 26.1. The Morgan fingerprint density at radius 3 is 2.56 bits per heavy atom. The standard InChI is InChI=1S/C26H31BrClN5O3/c1-25(2,3)36-24(34)32(5)16-26(4)9-12-33(13-10-26)20-15-18(27)6-7-19(20)23-31-30-22(35-23)17-8-11-29-21(28)14-17/h6-8,11,14-15H,9-10,12-13,16H2,1-5H3. The number of halogens is 2. The summed E-state index contributed by atoms with van der Waals surface area (Å²) >= 11 is 9.63. The van der Waals surface area contributed by atoms with Gasteiger partial charge in [0.2, 0.25) is 11.8 Å². The van der Waals surface area contributed by atoms with Gasteiger partial charge in [0.05, 0.1) is 11.3 Å². The van der Waals surface area contributed by atoms with Crippen LogP contribution in [0.15, 0.2) is 45.4 Å². The lowest BCUT2D eigenvalue weighted by Crippen LogP contribution is -2.46. The molecule has 3 heterocycles. The van der Waals surface area contributed by atoms with Crippen molar-refractivity contribution in [2.75, 3.05) is 31.6 Å². The number of hydrogen-bond acceptors (Lipinski definition) is 7. The molecule has 0 atom stereocenters. The molecule has 1 amide bonds. The van der Waals surface area contributed by atoms with Gasteiger partial charge in [-0.3, -0.25) is 0 Å². The van der Waals surface area contributed by atoms with Gasteiger partial charge in [-0.15, -0.1) is 10.2 Å². The minimum atomic E-state index is -0.509. The van der Waals surface area contributed by atoms with E-state index in [1.165, 1.54) is 0 Å². The molecule has 10 heteroatoms. The molecule has 1 aliphatic heterocycles. The van der Waals surface area contributed by atoms with E-state index in [0.717, 1.165) is 47.2 Å². The number of aromatic nitrogens is 3. The minimum absolute atomic E-state index is 0.00734. The average Bonchev–Trinajstić information content (AvgIpc) is 3.28. The predicted molar refractivity (Wildman–Crippen MR) is 144 cm³/mol. The number of ether oxygens (including phenoxy) is 1. The van der Waals surface area contributed by atoms with E-state index >= 15 is 0 Å². The van der Waals surface area contributed by atoms with Gasteiger partial charge in [-0.1, -0.05) is 34.5 Å². The third-order valence-electron chi connectivity index (χ3n) is 6.22. The van der Waals surface area contributed by atoms with Crippen LogP contribution in [-0.4, -0.2) is 58.5 Å². The van der Waals surface area contributed by atoms with Gasteiger partial charge in [0.1, 0.15) is 10.8 Å². The number of benzene rings is 1. The molecule has 0 aliphatic carbocycles. The van der Waals surface area contributed by atoms with Gasteiger partial charge in [0.15, 0.2) is 0 Å². The van der Waals surface area contributed by atoms with Crippen molar-refractivity contribution in [3.8, 4) is 22.9 Å². The van der Waals surface area contributed by atoms with Crippen LogP contribution in [0.3, 0.4) is 0 Å². The van der Waals surface area contributed by atoms with Gasteiger partial charge in [0.25, 0.3) is 0 Å². The fourth-order valence-electron chi connectivity index (χ4n) is 4.35. The lowest BCUT2D eigenvalue weighted by Gasteiger charge is -2.42. The van der Waals surface area contributed by atoms with E-state index in [4.69, 9.17) is 20.8 Å². The normalized spacial score (nSPS) is 15.6. The molecular formula is C26H31BrClN5O3. The van der Waals surface area contributed by atoms with Crippen molar-refractivity contribution in [3.05, 3.63) is 46.2 Å². The molecule has 0 saturated carbocycles. The highest BCUT2D eigenvalue weighted by molar-refractivity contribution is 9.10. The zero-order valence-corrected chi connectivity index (χ0v) is 23.6. The Morgan fingerprint density at radius 1 is 1.19 bits per heavy atom. The first kappa shape index (κ1) is 26.4.